The van der Waals surface area contributed by atoms with E-state index in [0.717, 1.165) is 37.2 Å². The minimum atomic E-state index is -0.185. The van der Waals surface area contributed by atoms with Crippen LogP contribution < -0.4 is 10.6 Å². The second-order valence-electron chi connectivity index (χ2n) is 8.47. The predicted molar refractivity (Wildman–Crippen MR) is 106 cm³/mol. The Morgan fingerprint density at radius 3 is 2.68 bits per heavy atom. The van der Waals surface area contributed by atoms with Crippen LogP contribution in [0.2, 0.25) is 0 Å². The van der Waals surface area contributed by atoms with Crippen LogP contribution in [0.15, 0.2) is 16.5 Å². The summed E-state index contributed by atoms with van der Waals surface area (Å²) in [5, 5.41) is 5.91. The first-order chi connectivity index (χ1) is 13.3. The predicted octanol–water partition coefficient (Wildman–Crippen LogP) is 2.97. The van der Waals surface area contributed by atoms with Gasteiger partial charge in [0.05, 0.1) is 12.1 Å². The molecule has 0 saturated carbocycles. The number of piperidine rings is 1. The SMILES string of the molecule is Cc1ccc(CNC(=O)CC2CCOC3(CCN(C(=O)NC(C)C)CC3)C2)o1. The number of likely N-dealkylation sites (tertiary alicyclic amines) is 1. The number of rotatable bonds is 5. The van der Waals surface area contributed by atoms with E-state index in [4.69, 9.17) is 9.15 Å². The molecule has 2 saturated heterocycles. The number of urea groups is 1. The van der Waals surface area contributed by atoms with Crippen LogP contribution in [0.4, 0.5) is 4.79 Å². The highest BCUT2D eigenvalue weighted by atomic mass is 16.5. The molecule has 2 aliphatic heterocycles. The number of nitrogens with zero attached hydrogens (tertiary/aromatic N) is 1. The Hall–Kier alpha value is -2.02. The molecule has 1 spiro atoms. The molecule has 7 nitrogen and oxygen atoms in total. The molecule has 156 valence electrons. The molecule has 3 heterocycles. The minimum absolute atomic E-state index is 0.00440. The van der Waals surface area contributed by atoms with E-state index in [9.17, 15) is 9.59 Å². The van der Waals surface area contributed by atoms with E-state index in [1.54, 1.807) is 0 Å². The van der Waals surface area contributed by atoms with Crippen LogP contribution in [-0.2, 0) is 16.1 Å². The van der Waals surface area contributed by atoms with Gasteiger partial charge >= 0.3 is 6.03 Å². The number of carbonyl (C=O) groups excluding carboxylic acids is 2. The molecule has 3 rings (SSSR count). The van der Waals surface area contributed by atoms with E-state index in [2.05, 4.69) is 10.6 Å². The van der Waals surface area contributed by atoms with Gasteiger partial charge in [0.1, 0.15) is 11.5 Å². The lowest BCUT2D eigenvalue weighted by Gasteiger charge is -2.46. The van der Waals surface area contributed by atoms with Crippen LogP contribution in [-0.4, -0.2) is 48.2 Å². The van der Waals surface area contributed by atoms with Crippen molar-refractivity contribution in [2.45, 2.75) is 71.1 Å². The number of carbonyl (C=O) groups is 2. The average molecular weight is 392 g/mol. The number of hydrogen-bond acceptors (Lipinski definition) is 4. The quantitative estimate of drug-likeness (QED) is 0.808. The van der Waals surface area contributed by atoms with Crippen LogP contribution in [0.5, 0.6) is 0 Å². The van der Waals surface area contributed by atoms with Crippen molar-refractivity contribution in [3.63, 3.8) is 0 Å². The van der Waals surface area contributed by atoms with E-state index in [-0.39, 0.29) is 23.6 Å². The molecule has 0 bridgehead atoms. The van der Waals surface area contributed by atoms with Crippen LogP contribution in [0, 0.1) is 12.8 Å². The molecule has 1 aromatic heterocycles. The van der Waals surface area contributed by atoms with Gasteiger partial charge in [-0.2, -0.15) is 0 Å². The lowest BCUT2D eigenvalue weighted by atomic mass is 9.78. The summed E-state index contributed by atoms with van der Waals surface area (Å²) < 4.78 is 11.6. The van der Waals surface area contributed by atoms with Crippen molar-refractivity contribution in [3.05, 3.63) is 23.7 Å². The topological polar surface area (TPSA) is 83.8 Å². The Balaban J connectivity index is 1.45. The number of ether oxygens (including phenoxy) is 1. The maximum atomic E-state index is 12.4. The summed E-state index contributed by atoms with van der Waals surface area (Å²) in [4.78, 5) is 26.4. The van der Waals surface area contributed by atoms with Crippen LogP contribution >= 0.6 is 0 Å². The molecule has 0 radical (unpaired) electrons. The summed E-state index contributed by atoms with van der Waals surface area (Å²) in [6, 6.07) is 3.94. The van der Waals surface area contributed by atoms with Gasteiger partial charge in [-0.3, -0.25) is 4.79 Å². The van der Waals surface area contributed by atoms with Gasteiger partial charge in [-0.1, -0.05) is 0 Å². The number of amides is 3. The summed E-state index contributed by atoms with van der Waals surface area (Å²) in [5.41, 5.74) is -0.185. The van der Waals surface area contributed by atoms with Gasteiger partial charge in [0.25, 0.3) is 0 Å². The molecule has 7 heteroatoms. The van der Waals surface area contributed by atoms with Gasteiger partial charge in [-0.15, -0.1) is 0 Å². The highest BCUT2D eigenvalue weighted by Gasteiger charge is 2.41. The molecule has 3 amide bonds. The zero-order valence-corrected chi connectivity index (χ0v) is 17.3. The van der Waals surface area contributed by atoms with Crippen molar-refractivity contribution < 1.29 is 18.7 Å². The van der Waals surface area contributed by atoms with Crippen molar-refractivity contribution >= 4 is 11.9 Å². The summed E-state index contributed by atoms with van der Waals surface area (Å²) >= 11 is 0. The summed E-state index contributed by atoms with van der Waals surface area (Å²) in [5.74, 6) is 2.01. The molecule has 1 unspecified atom stereocenters. The van der Waals surface area contributed by atoms with Gasteiger partial charge in [0.15, 0.2) is 0 Å². The van der Waals surface area contributed by atoms with E-state index < -0.39 is 0 Å². The Kier molecular flexibility index (Phi) is 6.65. The first-order valence-electron chi connectivity index (χ1n) is 10.4. The van der Waals surface area contributed by atoms with Crippen LogP contribution in [0.25, 0.3) is 0 Å². The number of furan rings is 1. The van der Waals surface area contributed by atoms with E-state index in [1.165, 1.54) is 0 Å². The minimum Gasteiger partial charge on any atom is -0.465 e. The van der Waals surface area contributed by atoms with Crippen molar-refractivity contribution in [3.8, 4) is 0 Å². The monoisotopic (exact) mass is 391 g/mol. The van der Waals surface area contributed by atoms with E-state index in [1.807, 2.05) is 37.8 Å². The third kappa shape index (κ3) is 5.50. The Morgan fingerprint density at radius 1 is 1.29 bits per heavy atom. The zero-order chi connectivity index (χ0) is 20.1. The van der Waals surface area contributed by atoms with E-state index >= 15 is 0 Å². The highest BCUT2D eigenvalue weighted by molar-refractivity contribution is 5.76. The smallest absolute Gasteiger partial charge is 0.317 e. The molecule has 2 fully saturated rings. The third-order valence-electron chi connectivity index (χ3n) is 5.70. The zero-order valence-electron chi connectivity index (χ0n) is 17.3. The van der Waals surface area contributed by atoms with Crippen molar-refractivity contribution in [1.29, 1.82) is 0 Å². The second kappa shape index (κ2) is 8.99. The summed E-state index contributed by atoms with van der Waals surface area (Å²) in [6.45, 7) is 8.36. The Morgan fingerprint density at radius 2 is 2.04 bits per heavy atom. The largest absolute Gasteiger partial charge is 0.465 e. The maximum Gasteiger partial charge on any atom is 0.317 e. The average Bonchev–Trinajstić information content (AvgIpc) is 3.05. The lowest BCUT2D eigenvalue weighted by molar-refractivity contribution is -0.134. The van der Waals surface area contributed by atoms with Gasteiger partial charge < -0.3 is 24.7 Å². The Labute approximate surface area is 167 Å². The van der Waals surface area contributed by atoms with Gasteiger partial charge in [0.2, 0.25) is 5.91 Å². The second-order valence-corrected chi connectivity index (χ2v) is 8.47. The fraction of sp³-hybridized carbons (Fsp3) is 0.714. The molecular weight excluding hydrogens is 358 g/mol. The molecule has 0 aromatic carbocycles. The normalized spacial score (nSPS) is 21.7. The first-order valence-corrected chi connectivity index (χ1v) is 10.4. The molecule has 1 atom stereocenters. The molecular formula is C21H33N3O4. The molecule has 0 aliphatic carbocycles. The molecule has 28 heavy (non-hydrogen) atoms. The molecule has 2 N–H and O–H groups in total. The fourth-order valence-electron chi connectivity index (χ4n) is 4.21. The van der Waals surface area contributed by atoms with Crippen LogP contribution in [0.1, 0.15) is 57.5 Å². The van der Waals surface area contributed by atoms with Gasteiger partial charge in [-0.05, 0) is 64.5 Å². The fourth-order valence-corrected chi connectivity index (χ4v) is 4.21. The summed E-state index contributed by atoms with van der Waals surface area (Å²) in [6.07, 6.45) is 3.99. The van der Waals surface area contributed by atoms with Crippen molar-refractivity contribution in [1.82, 2.24) is 15.5 Å². The van der Waals surface area contributed by atoms with Gasteiger partial charge in [0, 0.05) is 32.2 Å². The first kappa shape index (κ1) is 20.7. The third-order valence-corrected chi connectivity index (χ3v) is 5.70. The van der Waals surface area contributed by atoms with Crippen molar-refractivity contribution in [2.75, 3.05) is 19.7 Å². The number of nitrogens with one attached hydrogen (secondary N) is 2. The summed E-state index contributed by atoms with van der Waals surface area (Å²) in [7, 11) is 0. The van der Waals surface area contributed by atoms with Gasteiger partial charge in [-0.25, -0.2) is 4.79 Å². The molecule has 1 aromatic rings. The standard InChI is InChI=1S/C21H33N3O4/c1-15(2)23-20(26)24-9-7-21(8-10-24)13-17(6-11-27-21)12-19(25)22-14-18-5-4-16(3)28-18/h4-5,15,17H,6-14H2,1-3H3,(H,22,25)(H,23,26). The van der Waals surface area contributed by atoms with E-state index in [0.29, 0.717) is 38.6 Å². The number of aryl methyl sites for hydroxylation is 1. The highest BCUT2D eigenvalue weighted by Crippen LogP contribution is 2.38. The van der Waals surface area contributed by atoms with Crippen LogP contribution in [0.3, 0.4) is 0 Å². The lowest BCUT2D eigenvalue weighted by Crippen LogP contribution is -2.53. The maximum absolute atomic E-state index is 12.4. The van der Waals surface area contributed by atoms with Crippen molar-refractivity contribution in [2.24, 2.45) is 5.92 Å². The Bertz CT molecular complexity index is 677. The number of hydrogen-bond donors (Lipinski definition) is 2. The molecule has 2 aliphatic rings.